The van der Waals surface area contributed by atoms with Gasteiger partial charge in [0.25, 0.3) is 0 Å². The van der Waals surface area contributed by atoms with Crippen molar-refractivity contribution in [3.05, 3.63) is 59.7 Å². The van der Waals surface area contributed by atoms with E-state index in [9.17, 15) is 14.4 Å². The lowest BCUT2D eigenvalue weighted by Gasteiger charge is -2.40. The molecule has 1 unspecified atom stereocenters. The SMILES string of the molecule is CC(CCNC(=O)C1(CNC(=O)OCC2c3ccccc3-c3ccccc32)CCC1)CCC(=O)O. The molecule has 0 bridgehead atoms. The third kappa shape index (κ3) is 5.66. The molecule has 1 saturated carbocycles. The highest BCUT2D eigenvalue weighted by Crippen LogP contribution is 2.44. The number of alkyl carbamates (subject to hydrolysis) is 1. The quantitative estimate of drug-likeness (QED) is 0.434. The summed E-state index contributed by atoms with van der Waals surface area (Å²) in [5.41, 5.74) is 4.09. The van der Waals surface area contributed by atoms with E-state index in [2.05, 4.69) is 34.9 Å². The Morgan fingerprint density at radius 3 is 2.20 bits per heavy atom. The lowest BCUT2D eigenvalue weighted by Crippen LogP contribution is -2.52. The van der Waals surface area contributed by atoms with E-state index >= 15 is 0 Å². The maximum atomic E-state index is 12.9. The molecule has 0 aliphatic heterocycles. The molecule has 0 aromatic heterocycles. The first-order valence-electron chi connectivity index (χ1n) is 12.5. The molecule has 2 aromatic rings. The lowest BCUT2D eigenvalue weighted by atomic mass is 9.68. The Kier molecular flexibility index (Phi) is 7.73. The van der Waals surface area contributed by atoms with Crippen molar-refractivity contribution in [3.8, 4) is 11.1 Å². The number of benzene rings is 2. The molecule has 7 heteroatoms. The zero-order valence-corrected chi connectivity index (χ0v) is 20.2. The molecule has 3 N–H and O–H groups in total. The molecule has 2 aromatic carbocycles. The maximum Gasteiger partial charge on any atom is 0.407 e. The van der Waals surface area contributed by atoms with Gasteiger partial charge in [0, 0.05) is 25.4 Å². The van der Waals surface area contributed by atoms with Crippen molar-refractivity contribution in [1.82, 2.24) is 10.6 Å². The number of carbonyl (C=O) groups excluding carboxylic acids is 2. The molecule has 0 saturated heterocycles. The Labute approximate surface area is 206 Å². The van der Waals surface area contributed by atoms with Crippen LogP contribution in [-0.2, 0) is 14.3 Å². The van der Waals surface area contributed by atoms with Gasteiger partial charge < -0.3 is 20.5 Å². The van der Waals surface area contributed by atoms with Gasteiger partial charge in [0.15, 0.2) is 0 Å². The molecule has 1 atom stereocenters. The fourth-order valence-corrected chi connectivity index (χ4v) is 5.11. The molecule has 1 fully saturated rings. The van der Waals surface area contributed by atoms with Crippen LogP contribution in [0.25, 0.3) is 11.1 Å². The van der Waals surface area contributed by atoms with Crippen LogP contribution in [0.1, 0.15) is 62.5 Å². The van der Waals surface area contributed by atoms with E-state index in [1.165, 1.54) is 11.1 Å². The van der Waals surface area contributed by atoms with E-state index in [4.69, 9.17) is 9.84 Å². The Hall–Kier alpha value is -3.35. The molecule has 2 aliphatic rings. The summed E-state index contributed by atoms with van der Waals surface area (Å²) in [7, 11) is 0. The molecule has 0 radical (unpaired) electrons. The van der Waals surface area contributed by atoms with Crippen LogP contribution >= 0.6 is 0 Å². The molecular formula is C28H34N2O5. The van der Waals surface area contributed by atoms with Gasteiger partial charge in [-0.1, -0.05) is 61.9 Å². The van der Waals surface area contributed by atoms with Gasteiger partial charge >= 0.3 is 12.1 Å². The van der Waals surface area contributed by atoms with Crippen LogP contribution in [0.2, 0.25) is 0 Å². The van der Waals surface area contributed by atoms with Crippen molar-refractivity contribution in [2.75, 3.05) is 19.7 Å². The van der Waals surface area contributed by atoms with Crippen molar-refractivity contribution in [3.63, 3.8) is 0 Å². The van der Waals surface area contributed by atoms with Crippen molar-refractivity contribution < 1.29 is 24.2 Å². The third-order valence-electron chi connectivity index (χ3n) is 7.48. The minimum Gasteiger partial charge on any atom is -0.481 e. The first-order valence-corrected chi connectivity index (χ1v) is 12.5. The number of rotatable bonds is 11. The summed E-state index contributed by atoms with van der Waals surface area (Å²) in [6.07, 6.45) is 3.38. The highest BCUT2D eigenvalue weighted by atomic mass is 16.5. The average molecular weight is 479 g/mol. The van der Waals surface area contributed by atoms with E-state index in [0.717, 1.165) is 36.8 Å². The van der Waals surface area contributed by atoms with Crippen LogP contribution in [0.4, 0.5) is 4.79 Å². The van der Waals surface area contributed by atoms with Crippen LogP contribution in [-0.4, -0.2) is 42.8 Å². The Bertz CT molecular complexity index is 1030. The number of carbonyl (C=O) groups is 3. The van der Waals surface area contributed by atoms with E-state index in [1.54, 1.807) is 0 Å². The van der Waals surface area contributed by atoms with Gasteiger partial charge in [0.1, 0.15) is 6.61 Å². The number of hydrogen-bond acceptors (Lipinski definition) is 4. The van der Waals surface area contributed by atoms with E-state index < -0.39 is 17.5 Å². The minimum absolute atomic E-state index is 0.00257. The van der Waals surface area contributed by atoms with Crippen molar-refractivity contribution in [2.24, 2.45) is 11.3 Å². The summed E-state index contributed by atoms with van der Waals surface area (Å²) in [5.74, 6) is -0.623. The van der Waals surface area contributed by atoms with Crippen LogP contribution in [0.15, 0.2) is 48.5 Å². The summed E-state index contributed by atoms with van der Waals surface area (Å²) in [6, 6.07) is 16.4. The second kappa shape index (κ2) is 10.9. The van der Waals surface area contributed by atoms with Gasteiger partial charge in [-0.2, -0.15) is 0 Å². The van der Waals surface area contributed by atoms with Crippen molar-refractivity contribution >= 4 is 18.0 Å². The van der Waals surface area contributed by atoms with Gasteiger partial charge in [-0.15, -0.1) is 0 Å². The zero-order chi connectivity index (χ0) is 24.8. The first kappa shape index (κ1) is 24.8. The largest absolute Gasteiger partial charge is 0.481 e. The van der Waals surface area contributed by atoms with Crippen LogP contribution < -0.4 is 10.6 Å². The van der Waals surface area contributed by atoms with Gasteiger partial charge in [0.2, 0.25) is 5.91 Å². The topological polar surface area (TPSA) is 105 Å². The fourth-order valence-electron chi connectivity index (χ4n) is 5.11. The number of carboxylic acids is 1. The third-order valence-corrected chi connectivity index (χ3v) is 7.48. The molecule has 0 spiro atoms. The number of amides is 2. The van der Waals surface area contributed by atoms with E-state index in [1.807, 2.05) is 31.2 Å². The minimum atomic E-state index is -0.798. The summed E-state index contributed by atoms with van der Waals surface area (Å²) in [6.45, 7) is 3.00. The number of fused-ring (bicyclic) bond motifs is 3. The standard InChI is InChI=1S/C28H34N2O5/c1-19(11-12-25(31)32)13-16-29-26(33)28(14-6-15-28)18-30-27(34)35-17-24-22-9-4-2-7-20(22)21-8-3-5-10-23(21)24/h2-5,7-10,19,24H,6,11-18H2,1H3,(H,29,33)(H,30,34)(H,31,32). The van der Waals surface area contributed by atoms with E-state index in [0.29, 0.717) is 13.0 Å². The van der Waals surface area contributed by atoms with Gasteiger partial charge in [-0.05, 0) is 53.9 Å². The summed E-state index contributed by atoms with van der Waals surface area (Å²) < 4.78 is 5.61. The molecular weight excluding hydrogens is 444 g/mol. The number of hydrogen-bond donors (Lipinski definition) is 3. The lowest BCUT2D eigenvalue weighted by molar-refractivity contribution is -0.137. The molecule has 4 rings (SSSR count). The monoisotopic (exact) mass is 478 g/mol. The number of carboxylic acid groups (broad SMARTS) is 1. The molecule has 0 heterocycles. The van der Waals surface area contributed by atoms with Crippen molar-refractivity contribution in [2.45, 2.75) is 51.4 Å². The second-order valence-corrected chi connectivity index (χ2v) is 9.90. The molecule has 2 amide bonds. The van der Waals surface area contributed by atoms with Crippen LogP contribution in [0.5, 0.6) is 0 Å². The van der Waals surface area contributed by atoms with Crippen LogP contribution in [0.3, 0.4) is 0 Å². The Balaban J connectivity index is 1.25. The predicted molar refractivity (Wildman–Crippen MR) is 133 cm³/mol. The predicted octanol–water partition coefficient (Wildman–Crippen LogP) is 4.70. The molecule has 35 heavy (non-hydrogen) atoms. The summed E-state index contributed by atoms with van der Waals surface area (Å²) >= 11 is 0. The van der Waals surface area contributed by atoms with Gasteiger partial charge in [-0.25, -0.2) is 4.79 Å². The van der Waals surface area contributed by atoms with E-state index in [-0.39, 0.29) is 37.3 Å². The Morgan fingerprint density at radius 1 is 1.00 bits per heavy atom. The first-order chi connectivity index (χ1) is 16.9. The van der Waals surface area contributed by atoms with Gasteiger partial charge in [-0.3, -0.25) is 9.59 Å². The highest BCUT2D eigenvalue weighted by Gasteiger charge is 2.44. The summed E-state index contributed by atoms with van der Waals surface area (Å²) in [4.78, 5) is 36.1. The maximum absolute atomic E-state index is 12.9. The van der Waals surface area contributed by atoms with Crippen molar-refractivity contribution in [1.29, 1.82) is 0 Å². The van der Waals surface area contributed by atoms with Gasteiger partial charge in [0.05, 0.1) is 5.41 Å². The number of ether oxygens (including phenoxy) is 1. The molecule has 186 valence electrons. The molecule has 2 aliphatic carbocycles. The normalized spacial score (nSPS) is 16.4. The fraction of sp³-hybridized carbons (Fsp3) is 0.464. The second-order valence-electron chi connectivity index (χ2n) is 9.90. The zero-order valence-electron chi connectivity index (χ0n) is 20.2. The number of nitrogens with one attached hydrogen (secondary N) is 2. The highest BCUT2D eigenvalue weighted by molar-refractivity contribution is 5.84. The summed E-state index contributed by atoms with van der Waals surface area (Å²) in [5, 5.41) is 14.6. The average Bonchev–Trinajstić information content (AvgIpc) is 3.14. The molecule has 7 nitrogen and oxygen atoms in total. The number of aliphatic carboxylic acids is 1. The smallest absolute Gasteiger partial charge is 0.407 e. The Morgan fingerprint density at radius 2 is 1.63 bits per heavy atom. The van der Waals surface area contributed by atoms with Crippen LogP contribution in [0, 0.1) is 11.3 Å².